The molecule has 4 rings (SSSR count). The van der Waals surface area contributed by atoms with Crippen molar-refractivity contribution in [1.29, 1.82) is 0 Å². The molecule has 0 saturated heterocycles. The number of H-pyrrole nitrogens is 1. The molecule has 1 heterocycles. The zero-order chi connectivity index (χ0) is 18.5. The van der Waals surface area contributed by atoms with E-state index in [-0.39, 0.29) is 5.82 Å². The molecule has 136 valence electrons. The van der Waals surface area contributed by atoms with Crippen molar-refractivity contribution >= 4 is 10.9 Å². The van der Waals surface area contributed by atoms with Crippen LogP contribution in [0.1, 0.15) is 11.1 Å². The highest BCUT2D eigenvalue weighted by atomic mass is 19.1. The maximum atomic E-state index is 13.0. The van der Waals surface area contributed by atoms with Crippen LogP contribution in [0, 0.1) is 5.82 Å². The monoisotopic (exact) mass is 360 g/mol. The number of nitrogens with one attached hydrogen (secondary N) is 2. The molecule has 0 bridgehead atoms. The maximum Gasteiger partial charge on any atom is 0.127 e. The summed E-state index contributed by atoms with van der Waals surface area (Å²) in [6, 6.07) is 22.3. The van der Waals surface area contributed by atoms with E-state index in [0.29, 0.717) is 5.75 Å². The Bertz CT molecular complexity index is 1020. The van der Waals surface area contributed by atoms with Crippen LogP contribution in [0.3, 0.4) is 0 Å². The summed E-state index contributed by atoms with van der Waals surface area (Å²) in [5.41, 5.74) is 3.65. The van der Waals surface area contributed by atoms with E-state index in [1.807, 2.05) is 24.3 Å². The van der Waals surface area contributed by atoms with Crippen molar-refractivity contribution in [1.82, 2.24) is 10.3 Å². The zero-order valence-corrected chi connectivity index (χ0v) is 14.9. The molecule has 0 unspecified atom stereocenters. The molecule has 3 nitrogen and oxygen atoms in total. The first-order valence-electron chi connectivity index (χ1n) is 9.06. The molecule has 0 aliphatic heterocycles. The topological polar surface area (TPSA) is 37.0 Å². The SMILES string of the molecule is Fc1ccc(Oc2cccc(CNCCc3c[nH]c4ccccc34)c2)cc1. The molecule has 0 atom stereocenters. The zero-order valence-electron chi connectivity index (χ0n) is 14.9. The van der Waals surface area contributed by atoms with Crippen molar-refractivity contribution in [3.05, 3.63) is 95.9 Å². The first kappa shape index (κ1) is 17.3. The standard InChI is InChI=1S/C23H21FN2O/c24-19-8-10-20(11-9-19)27-21-5-3-4-17(14-21)15-25-13-12-18-16-26-23-7-2-1-6-22(18)23/h1-11,14,16,25-26H,12-13,15H2. The van der Waals surface area contributed by atoms with Crippen LogP contribution in [0.2, 0.25) is 0 Å². The first-order chi connectivity index (χ1) is 13.3. The number of aromatic amines is 1. The predicted molar refractivity (Wildman–Crippen MR) is 107 cm³/mol. The van der Waals surface area contributed by atoms with E-state index >= 15 is 0 Å². The Morgan fingerprint density at radius 3 is 2.63 bits per heavy atom. The first-order valence-corrected chi connectivity index (χ1v) is 9.06. The van der Waals surface area contributed by atoms with Gasteiger partial charge in [-0.2, -0.15) is 0 Å². The second-order valence-corrected chi connectivity index (χ2v) is 6.49. The Labute approximate surface area is 157 Å². The largest absolute Gasteiger partial charge is 0.457 e. The third-order valence-corrected chi connectivity index (χ3v) is 4.52. The van der Waals surface area contributed by atoms with Crippen LogP contribution >= 0.6 is 0 Å². The van der Waals surface area contributed by atoms with Gasteiger partial charge in [0, 0.05) is 23.6 Å². The number of aromatic nitrogens is 1. The van der Waals surface area contributed by atoms with Crippen molar-refractivity contribution in [2.24, 2.45) is 0 Å². The van der Waals surface area contributed by atoms with Gasteiger partial charge in [-0.25, -0.2) is 4.39 Å². The minimum atomic E-state index is -0.268. The Kier molecular flexibility index (Phi) is 5.17. The molecule has 3 aromatic carbocycles. The molecule has 0 spiro atoms. The van der Waals surface area contributed by atoms with Crippen molar-refractivity contribution in [3.63, 3.8) is 0 Å². The van der Waals surface area contributed by atoms with Gasteiger partial charge in [0.1, 0.15) is 17.3 Å². The van der Waals surface area contributed by atoms with Crippen LogP contribution in [0.15, 0.2) is 79.0 Å². The summed E-state index contributed by atoms with van der Waals surface area (Å²) in [6.07, 6.45) is 3.05. The number of benzene rings is 3. The van der Waals surface area contributed by atoms with Crippen LogP contribution in [0.4, 0.5) is 4.39 Å². The molecule has 4 heteroatoms. The molecule has 0 amide bonds. The van der Waals surface area contributed by atoms with Gasteiger partial charge < -0.3 is 15.0 Å². The summed E-state index contributed by atoms with van der Waals surface area (Å²) < 4.78 is 18.8. The molecule has 0 fully saturated rings. The molecule has 0 aliphatic carbocycles. The van der Waals surface area contributed by atoms with Gasteiger partial charge in [-0.05, 0) is 66.6 Å². The van der Waals surface area contributed by atoms with Gasteiger partial charge in [0.15, 0.2) is 0 Å². The lowest BCUT2D eigenvalue weighted by molar-refractivity contribution is 0.479. The fraction of sp³-hybridized carbons (Fsp3) is 0.130. The van der Waals surface area contributed by atoms with E-state index in [4.69, 9.17) is 4.74 Å². The second-order valence-electron chi connectivity index (χ2n) is 6.49. The maximum absolute atomic E-state index is 13.0. The van der Waals surface area contributed by atoms with Gasteiger partial charge in [0.05, 0.1) is 0 Å². The molecule has 4 aromatic rings. The van der Waals surface area contributed by atoms with E-state index in [2.05, 4.69) is 40.8 Å². The number of ether oxygens (including phenoxy) is 1. The predicted octanol–water partition coefficient (Wildman–Crippen LogP) is 5.43. The number of para-hydroxylation sites is 1. The van der Waals surface area contributed by atoms with Crippen molar-refractivity contribution in [2.45, 2.75) is 13.0 Å². The average Bonchev–Trinajstić information content (AvgIpc) is 3.11. The van der Waals surface area contributed by atoms with E-state index < -0.39 is 0 Å². The van der Waals surface area contributed by atoms with E-state index in [1.54, 1.807) is 12.1 Å². The van der Waals surface area contributed by atoms with Crippen LogP contribution in [-0.4, -0.2) is 11.5 Å². The lowest BCUT2D eigenvalue weighted by Crippen LogP contribution is -2.16. The van der Waals surface area contributed by atoms with Gasteiger partial charge >= 0.3 is 0 Å². The Morgan fingerprint density at radius 1 is 0.889 bits per heavy atom. The molecule has 0 saturated carbocycles. The summed E-state index contributed by atoms with van der Waals surface area (Å²) in [5.74, 6) is 1.11. The quantitative estimate of drug-likeness (QED) is 0.431. The Hall–Kier alpha value is -3.11. The minimum Gasteiger partial charge on any atom is -0.457 e. The molecule has 27 heavy (non-hydrogen) atoms. The molecule has 1 aromatic heterocycles. The molecular weight excluding hydrogens is 339 g/mol. The number of hydrogen-bond acceptors (Lipinski definition) is 2. The fourth-order valence-corrected chi connectivity index (χ4v) is 3.15. The number of rotatable bonds is 7. The fourth-order valence-electron chi connectivity index (χ4n) is 3.15. The lowest BCUT2D eigenvalue weighted by atomic mass is 10.1. The van der Waals surface area contributed by atoms with Crippen LogP contribution in [0.25, 0.3) is 10.9 Å². The lowest BCUT2D eigenvalue weighted by Gasteiger charge is -2.09. The third-order valence-electron chi connectivity index (χ3n) is 4.52. The minimum absolute atomic E-state index is 0.268. The molecule has 0 radical (unpaired) electrons. The van der Waals surface area contributed by atoms with Crippen LogP contribution in [-0.2, 0) is 13.0 Å². The Balaban J connectivity index is 1.31. The normalized spacial score (nSPS) is 11.0. The summed E-state index contributed by atoms with van der Waals surface area (Å²) in [5, 5.41) is 4.77. The number of fused-ring (bicyclic) bond motifs is 1. The van der Waals surface area contributed by atoms with Crippen molar-refractivity contribution in [3.8, 4) is 11.5 Å². The van der Waals surface area contributed by atoms with Gasteiger partial charge in [-0.15, -0.1) is 0 Å². The summed E-state index contributed by atoms with van der Waals surface area (Å²) in [6.45, 7) is 1.66. The van der Waals surface area contributed by atoms with E-state index in [1.165, 1.54) is 28.6 Å². The van der Waals surface area contributed by atoms with Gasteiger partial charge in [0.25, 0.3) is 0 Å². The average molecular weight is 360 g/mol. The number of halogens is 1. The second kappa shape index (κ2) is 8.06. The van der Waals surface area contributed by atoms with Crippen LogP contribution < -0.4 is 10.1 Å². The third kappa shape index (κ3) is 4.36. The molecular formula is C23H21FN2O. The van der Waals surface area contributed by atoms with Crippen molar-refractivity contribution < 1.29 is 9.13 Å². The van der Waals surface area contributed by atoms with E-state index in [9.17, 15) is 4.39 Å². The highest BCUT2D eigenvalue weighted by molar-refractivity contribution is 5.83. The highest BCUT2D eigenvalue weighted by Crippen LogP contribution is 2.22. The highest BCUT2D eigenvalue weighted by Gasteiger charge is 2.03. The smallest absolute Gasteiger partial charge is 0.127 e. The van der Waals surface area contributed by atoms with Gasteiger partial charge in [-0.1, -0.05) is 30.3 Å². The molecule has 2 N–H and O–H groups in total. The van der Waals surface area contributed by atoms with Crippen molar-refractivity contribution in [2.75, 3.05) is 6.54 Å². The summed E-state index contributed by atoms with van der Waals surface area (Å²) >= 11 is 0. The van der Waals surface area contributed by atoms with Crippen LogP contribution in [0.5, 0.6) is 11.5 Å². The summed E-state index contributed by atoms with van der Waals surface area (Å²) in [7, 11) is 0. The van der Waals surface area contributed by atoms with E-state index in [0.717, 1.165) is 30.8 Å². The molecule has 0 aliphatic rings. The number of hydrogen-bond donors (Lipinski definition) is 2. The summed E-state index contributed by atoms with van der Waals surface area (Å²) in [4.78, 5) is 3.31. The Morgan fingerprint density at radius 2 is 1.74 bits per heavy atom. The van der Waals surface area contributed by atoms with Gasteiger partial charge in [-0.3, -0.25) is 0 Å². The van der Waals surface area contributed by atoms with Gasteiger partial charge in [0.2, 0.25) is 0 Å².